The Morgan fingerprint density at radius 3 is 2.22 bits per heavy atom. The van der Waals surface area contributed by atoms with Crippen LogP contribution in [0.25, 0.3) is 0 Å². The molecule has 0 N–H and O–H groups in total. The summed E-state index contributed by atoms with van der Waals surface area (Å²) in [5, 5.41) is 0. The van der Waals surface area contributed by atoms with Gasteiger partial charge in [0.05, 0.1) is 0 Å². The fraction of sp³-hybridized carbons (Fsp3) is 0.286. The smallest absolute Gasteiger partial charge is 0.357 e. The first-order valence-electron chi connectivity index (χ1n) is 2.83. The maximum atomic E-state index is 3.74. The number of aryl methyl sites for hydroxylation is 1. The molecule has 44 valence electrons. The van der Waals surface area contributed by atoms with Gasteiger partial charge in [0.1, 0.15) is 0 Å². The zero-order chi connectivity index (χ0) is 5.82. The van der Waals surface area contributed by atoms with Gasteiger partial charge in [0, 0.05) is 12.4 Å². The molecule has 0 saturated carbocycles. The van der Waals surface area contributed by atoms with Gasteiger partial charge in [-0.3, -0.25) is 0 Å². The van der Waals surface area contributed by atoms with Crippen LogP contribution < -0.4 is 18.9 Å². The van der Waals surface area contributed by atoms with E-state index in [-0.39, 0.29) is 18.9 Å². The molecule has 0 fully saturated rings. The monoisotopic (exact) mass is 115 g/mol. The Kier molecular flexibility index (Phi) is 4.66. The molecular formula is C7H10LiN. The van der Waals surface area contributed by atoms with Crippen molar-refractivity contribution in [2.45, 2.75) is 13.0 Å². The molecule has 0 saturated heterocycles. The Morgan fingerprint density at radius 2 is 1.78 bits per heavy atom. The SMILES string of the molecule is [CH2-]CCn1cccc1.[Li+]. The van der Waals surface area contributed by atoms with Crippen LogP contribution in [0.1, 0.15) is 6.42 Å². The summed E-state index contributed by atoms with van der Waals surface area (Å²) in [6, 6.07) is 4.05. The minimum atomic E-state index is 0. The summed E-state index contributed by atoms with van der Waals surface area (Å²) in [5.41, 5.74) is 0. The van der Waals surface area contributed by atoms with Crippen molar-refractivity contribution < 1.29 is 18.9 Å². The zero-order valence-corrected chi connectivity index (χ0v) is 5.88. The molecule has 0 aromatic carbocycles. The van der Waals surface area contributed by atoms with Crippen molar-refractivity contribution in [1.82, 2.24) is 4.57 Å². The van der Waals surface area contributed by atoms with Crippen LogP contribution in [0.5, 0.6) is 0 Å². The van der Waals surface area contributed by atoms with Crippen LogP contribution in [0.15, 0.2) is 24.5 Å². The van der Waals surface area contributed by atoms with Gasteiger partial charge in [-0.1, -0.05) is 0 Å². The first-order valence-corrected chi connectivity index (χ1v) is 2.83. The van der Waals surface area contributed by atoms with Crippen molar-refractivity contribution in [2.75, 3.05) is 0 Å². The molecule has 1 rings (SSSR count). The summed E-state index contributed by atoms with van der Waals surface area (Å²) in [5.74, 6) is 0. The second-order valence-corrected chi connectivity index (χ2v) is 1.77. The molecule has 0 aliphatic carbocycles. The first kappa shape index (κ1) is 8.88. The average Bonchev–Trinajstić information content (AvgIpc) is 2.19. The fourth-order valence-electron chi connectivity index (χ4n) is 0.702. The second-order valence-electron chi connectivity index (χ2n) is 1.77. The van der Waals surface area contributed by atoms with Crippen molar-refractivity contribution in [3.8, 4) is 0 Å². The molecule has 9 heavy (non-hydrogen) atoms. The predicted octanol–water partition coefficient (Wildman–Crippen LogP) is -1.28. The van der Waals surface area contributed by atoms with Gasteiger partial charge in [-0.05, 0) is 18.7 Å². The van der Waals surface area contributed by atoms with E-state index < -0.39 is 0 Å². The third-order valence-electron chi connectivity index (χ3n) is 1.08. The molecule has 2 heteroatoms. The van der Waals surface area contributed by atoms with Crippen molar-refractivity contribution in [3.63, 3.8) is 0 Å². The van der Waals surface area contributed by atoms with Crippen molar-refractivity contribution >= 4 is 0 Å². The summed E-state index contributed by atoms with van der Waals surface area (Å²) < 4.78 is 2.12. The number of rotatable bonds is 2. The standard InChI is InChI=1S/C7H10N.Li/c1-2-5-8-6-3-4-7-8;/h3-4,6-7H,1-2,5H2;/q-1;+1. The first-order chi connectivity index (χ1) is 3.93. The number of aromatic nitrogens is 1. The van der Waals surface area contributed by atoms with E-state index in [1.54, 1.807) is 0 Å². The Labute approximate surface area is 68.2 Å². The van der Waals surface area contributed by atoms with Crippen LogP contribution in [0.4, 0.5) is 0 Å². The second kappa shape index (κ2) is 4.73. The minimum absolute atomic E-state index is 0. The number of hydrogen-bond donors (Lipinski definition) is 0. The van der Waals surface area contributed by atoms with Gasteiger partial charge in [-0.15, -0.1) is 0 Å². The van der Waals surface area contributed by atoms with Crippen LogP contribution in [0.3, 0.4) is 0 Å². The summed E-state index contributed by atoms with van der Waals surface area (Å²) in [6.07, 6.45) is 5.06. The Hall–Kier alpha value is -0.123. The summed E-state index contributed by atoms with van der Waals surface area (Å²) in [6.45, 7) is 4.77. The molecule has 0 aliphatic heterocycles. The fourth-order valence-corrected chi connectivity index (χ4v) is 0.702. The third-order valence-corrected chi connectivity index (χ3v) is 1.08. The quantitative estimate of drug-likeness (QED) is 0.334. The van der Waals surface area contributed by atoms with Crippen molar-refractivity contribution in [3.05, 3.63) is 31.5 Å². The van der Waals surface area contributed by atoms with E-state index in [0.29, 0.717) is 0 Å². The molecule has 0 unspecified atom stereocenters. The van der Waals surface area contributed by atoms with Crippen molar-refractivity contribution in [2.24, 2.45) is 0 Å². The molecule has 0 atom stereocenters. The normalized spacial score (nSPS) is 8.56. The molecule has 1 aromatic rings. The molecule has 1 nitrogen and oxygen atoms in total. The Morgan fingerprint density at radius 1 is 1.22 bits per heavy atom. The van der Waals surface area contributed by atoms with Crippen LogP contribution in [-0.2, 0) is 6.54 Å². The minimum Gasteiger partial charge on any atom is -0.357 e. The van der Waals surface area contributed by atoms with Gasteiger partial charge in [-0.2, -0.15) is 6.42 Å². The number of hydrogen-bond acceptors (Lipinski definition) is 0. The molecule has 0 aliphatic rings. The molecular weight excluding hydrogens is 105 g/mol. The number of nitrogens with zero attached hydrogens (tertiary/aromatic N) is 1. The van der Waals surface area contributed by atoms with Gasteiger partial charge < -0.3 is 11.5 Å². The zero-order valence-electron chi connectivity index (χ0n) is 5.88. The van der Waals surface area contributed by atoms with Gasteiger partial charge in [-0.25, -0.2) is 0 Å². The Balaban J connectivity index is 0.000000640. The van der Waals surface area contributed by atoms with Gasteiger partial charge in [0.2, 0.25) is 0 Å². The molecule has 0 bridgehead atoms. The van der Waals surface area contributed by atoms with Crippen LogP contribution in [-0.4, -0.2) is 4.57 Å². The summed E-state index contributed by atoms with van der Waals surface area (Å²) in [7, 11) is 0. The topological polar surface area (TPSA) is 4.93 Å². The van der Waals surface area contributed by atoms with Gasteiger partial charge >= 0.3 is 18.9 Å². The van der Waals surface area contributed by atoms with E-state index in [0.717, 1.165) is 13.0 Å². The molecule has 0 radical (unpaired) electrons. The predicted molar refractivity (Wildman–Crippen MR) is 34.4 cm³/mol. The van der Waals surface area contributed by atoms with E-state index in [4.69, 9.17) is 0 Å². The van der Waals surface area contributed by atoms with E-state index in [1.807, 2.05) is 24.5 Å². The average molecular weight is 115 g/mol. The third kappa shape index (κ3) is 2.79. The molecule has 1 heterocycles. The maximum Gasteiger partial charge on any atom is 1.00 e. The largest absolute Gasteiger partial charge is 1.00 e. The molecule has 0 amide bonds. The van der Waals surface area contributed by atoms with Crippen LogP contribution in [0.2, 0.25) is 0 Å². The molecule has 1 aromatic heterocycles. The van der Waals surface area contributed by atoms with Crippen molar-refractivity contribution in [1.29, 1.82) is 0 Å². The summed E-state index contributed by atoms with van der Waals surface area (Å²) in [4.78, 5) is 0. The van der Waals surface area contributed by atoms with E-state index in [9.17, 15) is 0 Å². The molecule has 0 spiro atoms. The van der Waals surface area contributed by atoms with E-state index in [2.05, 4.69) is 11.5 Å². The Bertz CT molecular complexity index is 135. The van der Waals surface area contributed by atoms with E-state index >= 15 is 0 Å². The summed E-state index contributed by atoms with van der Waals surface area (Å²) >= 11 is 0. The van der Waals surface area contributed by atoms with E-state index in [1.165, 1.54) is 0 Å². The van der Waals surface area contributed by atoms with Crippen LogP contribution >= 0.6 is 0 Å². The van der Waals surface area contributed by atoms with Gasteiger partial charge in [0.25, 0.3) is 0 Å². The van der Waals surface area contributed by atoms with Crippen LogP contribution in [0, 0.1) is 6.92 Å². The van der Waals surface area contributed by atoms with Gasteiger partial charge in [0.15, 0.2) is 0 Å². The maximum absolute atomic E-state index is 3.74.